The molecule has 0 aliphatic heterocycles. The second kappa shape index (κ2) is 19.6. The molecular formula is C48H74N2O10. The summed E-state index contributed by atoms with van der Waals surface area (Å²) in [6.45, 7) is 19.3. The van der Waals surface area contributed by atoms with Gasteiger partial charge >= 0.3 is 23.9 Å². The fourth-order valence-corrected chi connectivity index (χ4v) is 9.61. The number of carboxylic acids is 1. The highest BCUT2D eigenvalue weighted by atomic mass is 16.6. The van der Waals surface area contributed by atoms with Crippen LogP contribution >= 0.6 is 0 Å². The standard InChI is InChI=1S/C26H41NO5.C22H33NO5/c1-25(2,3)15-16-12-19(13-16)23-22(17-8-9-17)24(32-27-23)18(10-11-20(28)30-7)14-21(29)31-26(4,5)6;1-22(2,3)12-13-9-16(10-13)20-19(14-5-6-14)21(28-23-20)15(11-17(24)25)7-8-18(26)27-4/h16-19H,8-15H2,1-7H3;13-16H,5-12H2,1-4H3,(H,24,25)/t16?,18-,19?;13?,15-,16?/m00/s1. The van der Waals surface area contributed by atoms with Crippen LogP contribution < -0.4 is 0 Å². The monoisotopic (exact) mass is 839 g/mol. The lowest BCUT2D eigenvalue weighted by atomic mass is 9.66. The number of carbonyl (C=O) groups is 4. The summed E-state index contributed by atoms with van der Waals surface area (Å²) in [7, 11) is 2.74. The molecule has 12 heteroatoms. The van der Waals surface area contributed by atoms with Gasteiger partial charge in [-0.05, 0) is 132 Å². The van der Waals surface area contributed by atoms with Gasteiger partial charge in [0, 0.05) is 47.6 Å². The lowest BCUT2D eigenvalue weighted by Gasteiger charge is -2.38. The van der Waals surface area contributed by atoms with Gasteiger partial charge in [0.2, 0.25) is 0 Å². The summed E-state index contributed by atoms with van der Waals surface area (Å²) in [5.74, 6) is 2.39. The third-order valence-corrected chi connectivity index (χ3v) is 12.4. The molecule has 336 valence electrons. The minimum atomic E-state index is -0.886. The van der Waals surface area contributed by atoms with Crippen LogP contribution in [-0.4, -0.2) is 59.1 Å². The molecule has 0 saturated heterocycles. The van der Waals surface area contributed by atoms with Crippen molar-refractivity contribution in [1.82, 2.24) is 10.3 Å². The number of esters is 3. The van der Waals surface area contributed by atoms with E-state index in [0.29, 0.717) is 53.1 Å². The number of hydrogen-bond acceptors (Lipinski definition) is 11. The molecule has 0 radical (unpaired) electrons. The average Bonchev–Trinajstić information content (AvgIpc) is 4.04. The van der Waals surface area contributed by atoms with Gasteiger partial charge in [-0.15, -0.1) is 0 Å². The number of carbonyl (C=O) groups excluding carboxylic acids is 3. The molecule has 2 aromatic rings. The lowest BCUT2D eigenvalue weighted by molar-refractivity contribution is -0.156. The maximum absolute atomic E-state index is 12.6. The van der Waals surface area contributed by atoms with Crippen molar-refractivity contribution in [1.29, 1.82) is 0 Å². The predicted octanol–water partition coefficient (Wildman–Crippen LogP) is 11.2. The number of methoxy groups -OCH3 is 2. The fourth-order valence-electron chi connectivity index (χ4n) is 9.61. The Hall–Kier alpha value is -3.70. The third-order valence-electron chi connectivity index (χ3n) is 12.4. The molecular weight excluding hydrogens is 765 g/mol. The van der Waals surface area contributed by atoms with Gasteiger partial charge in [-0.3, -0.25) is 19.2 Å². The maximum Gasteiger partial charge on any atom is 0.307 e. The van der Waals surface area contributed by atoms with Crippen LogP contribution in [-0.2, 0) is 33.4 Å². The van der Waals surface area contributed by atoms with Crippen molar-refractivity contribution in [2.75, 3.05) is 14.2 Å². The first-order valence-electron chi connectivity index (χ1n) is 22.6. The number of aromatic nitrogens is 2. The minimum Gasteiger partial charge on any atom is -0.481 e. The van der Waals surface area contributed by atoms with Gasteiger partial charge < -0.3 is 28.4 Å². The smallest absolute Gasteiger partial charge is 0.307 e. The first kappa shape index (κ1) is 47.4. The zero-order chi connectivity index (χ0) is 44.2. The molecule has 1 N–H and O–H groups in total. The maximum atomic E-state index is 12.6. The van der Waals surface area contributed by atoms with Crippen molar-refractivity contribution in [3.8, 4) is 0 Å². The highest BCUT2D eigenvalue weighted by molar-refractivity contribution is 5.72. The summed E-state index contributed by atoms with van der Waals surface area (Å²) in [4.78, 5) is 47.4. The highest BCUT2D eigenvalue weighted by Crippen LogP contribution is 2.55. The largest absolute Gasteiger partial charge is 0.481 e. The Morgan fingerprint density at radius 2 is 1.00 bits per heavy atom. The van der Waals surface area contributed by atoms with Crippen LogP contribution in [0.15, 0.2) is 9.05 Å². The number of nitrogens with zero attached hydrogens (tertiary/aromatic N) is 2. The van der Waals surface area contributed by atoms with Gasteiger partial charge in [-0.25, -0.2) is 0 Å². The molecule has 60 heavy (non-hydrogen) atoms. The Morgan fingerprint density at radius 3 is 1.32 bits per heavy atom. The molecule has 12 nitrogen and oxygen atoms in total. The molecule has 2 aromatic heterocycles. The van der Waals surface area contributed by atoms with E-state index >= 15 is 0 Å². The summed E-state index contributed by atoms with van der Waals surface area (Å²) in [5.41, 5.74) is 4.64. The lowest BCUT2D eigenvalue weighted by Crippen LogP contribution is -2.27. The molecule has 4 fully saturated rings. The molecule has 2 heterocycles. The van der Waals surface area contributed by atoms with E-state index in [9.17, 15) is 24.3 Å². The van der Waals surface area contributed by atoms with Crippen LogP contribution in [0.25, 0.3) is 0 Å². The number of hydrogen-bond donors (Lipinski definition) is 1. The van der Waals surface area contributed by atoms with Crippen molar-refractivity contribution < 1.29 is 47.5 Å². The zero-order valence-corrected chi connectivity index (χ0v) is 38.4. The van der Waals surface area contributed by atoms with Crippen LogP contribution in [0.3, 0.4) is 0 Å². The first-order valence-corrected chi connectivity index (χ1v) is 22.6. The molecule has 6 rings (SSSR count). The number of carboxylic acid groups (broad SMARTS) is 1. The summed E-state index contributed by atoms with van der Waals surface area (Å²) in [5, 5.41) is 18.3. The second-order valence-electron chi connectivity index (χ2n) is 21.9. The summed E-state index contributed by atoms with van der Waals surface area (Å²) >= 11 is 0. The fraction of sp³-hybridized carbons (Fsp3) is 0.792. The molecule has 0 unspecified atom stereocenters. The molecule has 4 saturated carbocycles. The van der Waals surface area contributed by atoms with Gasteiger partial charge in [0.05, 0.1) is 38.4 Å². The summed E-state index contributed by atoms with van der Waals surface area (Å²) in [6, 6.07) is 0. The molecule has 4 aliphatic carbocycles. The quantitative estimate of drug-likeness (QED) is 0.112. The molecule has 0 spiro atoms. The van der Waals surface area contributed by atoms with E-state index in [1.807, 2.05) is 20.8 Å². The second-order valence-corrected chi connectivity index (χ2v) is 21.9. The molecule has 0 amide bonds. The van der Waals surface area contributed by atoms with Crippen LogP contribution in [0, 0.1) is 22.7 Å². The molecule has 0 bridgehead atoms. The number of aliphatic carboxylic acids is 1. The zero-order valence-electron chi connectivity index (χ0n) is 38.4. The van der Waals surface area contributed by atoms with Gasteiger partial charge in [-0.2, -0.15) is 0 Å². The van der Waals surface area contributed by atoms with E-state index in [-0.39, 0.29) is 55.4 Å². The van der Waals surface area contributed by atoms with Crippen LogP contribution in [0.1, 0.15) is 235 Å². The SMILES string of the molecule is COC(=O)CC[C@@H](CC(=O)O)c1onc(C2CC(CC(C)(C)C)C2)c1C1CC1.COC(=O)CC[C@@H](CC(=O)OC(C)(C)C)c1onc(C2CC(CC(C)(C)C)C2)c1C1CC1. The van der Waals surface area contributed by atoms with E-state index in [2.05, 4.69) is 51.9 Å². The van der Waals surface area contributed by atoms with E-state index < -0.39 is 11.6 Å². The topological polar surface area (TPSA) is 168 Å². The molecule has 2 atom stereocenters. The van der Waals surface area contributed by atoms with Crippen molar-refractivity contribution >= 4 is 23.9 Å². The summed E-state index contributed by atoms with van der Waals surface area (Å²) in [6.07, 6.45) is 12.9. The van der Waals surface area contributed by atoms with Crippen LogP contribution in [0.2, 0.25) is 0 Å². The van der Waals surface area contributed by atoms with E-state index in [1.54, 1.807) is 0 Å². The Bertz CT molecular complexity index is 1770. The number of ether oxygens (including phenoxy) is 3. The Balaban J connectivity index is 0.000000230. The van der Waals surface area contributed by atoms with E-state index in [1.165, 1.54) is 32.6 Å². The van der Waals surface area contributed by atoms with Gasteiger partial charge in [0.15, 0.2) is 0 Å². The minimum absolute atomic E-state index is 0.0529. The van der Waals surface area contributed by atoms with Crippen molar-refractivity contribution in [3.05, 3.63) is 34.0 Å². The third kappa shape index (κ3) is 13.9. The number of rotatable bonds is 18. The Kier molecular flexibility index (Phi) is 15.4. The molecule has 4 aliphatic rings. The van der Waals surface area contributed by atoms with E-state index in [0.717, 1.165) is 85.9 Å². The average molecular weight is 839 g/mol. The molecule has 0 aromatic carbocycles. The van der Waals surface area contributed by atoms with Crippen LogP contribution in [0.5, 0.6) is 0 Å². The van der Waals surface area contributed by atoms with Crippen LogP contribution in [0.4, 0.5) is 0 Å². The first-order chi connectivity index (χ1) is 28.0. The van der Waals surface area contributed by atoms with Gasteiger partial charge in [-0.1, -0.05) is 51.9 Å². The van der Waals surface area contributed by atoms with Gasteiger partial charge in [0.1, 0.15) is 17.1 Å². The van der Waals surface area contributed by atoms with Crippen molar-refractivity contribution in [2.24, 2.45) is 22.7 Å². The van der Waals surface area contributed by atoms with Crippen molar-refractivity contribution in [2.45, 2.75) is 206 Å². The summed E-state index contributed by atoms with van der Waals surface area (Å²) < 4.78 is 26.8. The highest BCUT2D eigenvalue weighted by Gasteiger charge is 2.44. The Labute approximate surface area is 358 Å². The predicted molar refractivity (Wildman–Crippen MR) is 227 cm³/mol. The normalized spacial score (nSPS) is 22.6. The van der Waals surface area contributed by atoms with Crippen molar-refractivity contribution in [3.63, 3.8) is 0 Å². The Morgan fingerprint density at radius 1 is 0.617 bits per heavy atom. The van der Waals surface area contributed by atoms with Gasteiger partial charge in [0.25, 0.3) is 0 Å². The van der Waals surface area contributed by atoms with E-state index in [4.69, 9.17) is 23.3 Å².